The first-order valence-corrected chi connectivity index (χ1v) is 16.7. The van der Waals surface area contributed by atoms with Crippen LogP contribution in [0, 0.1) is 19.8 Å². The number of amides is 3. The lowest BCUT2D eigenvalue weighted by molar-refractivity contribution is -0.136. The van der Waals surface area contributed by atoms with Gasteiger partial charge in [-0.3, -0.25) is 19.4 Å². The molecule has 3 aromatic carbocycles. The Balaban J connectivity index is 1.22. The summed E-state index contributed by atoms with van der Waals surface area (Å²) in [5.74, 6) is -1.52. The molecule has 47 heavy (non-hydrogen) atoms. The largest absolute Gasteiger partial charge is 0.271 e. The number of imide groups is 1. The lowest BCUT2D eigenvalue weighted by atomic mass is 9.77. The fourth-order valence-corrected chi connectivity index (χ4v) is 7.99. The van der Waals surface area contributed by atoms with Gasteiger partial charge in [0.05, 0.1) is 17.4 Å². The van der Waals surface area contributed by atoms with Gasteiger partial charge in [-0.2, -0.15) is 10.2 Å². The zero-order chi connectivity index (χ0) is 33.1. The van der Waals surface area contributed by atoms with Crippen LogP contribution in [0.5, 0.6) is 0 Å². The molecule has 0 unspecified atom stereocenters. The number of anilines is 1. The Morgan fingerprint density at radius 2 is 1.62 bits per heavy atom. The number of halogens is 4. The van der Waals surface area contributed by atoms with Gasteiger partial charge in [0, 0.05) is 26.0 Å². The third-order valence-corrected chi connectivity index (χ3v) is 10.3. The summed E-state index contributed by atoms with van der Waals surface area (Å²) in [5.41, 5.74) is 5.32. The molecule has 9 nitrogen and oxygen atoms in total. The highest BCUT2D eigenvalue weighted by Crippen LogP contribution is 2.47. The number of para-hydroxylation sites is 1. The zero-order valence-corrected chi connectivity index (χ0v) is 28.4. The van der Waals surface area contributed by atoms with Crippen molar-refractivity contribution in [3.05, 3.63) is 103 Å². The second-order valence-corrected chi connectivity index (χ2v) is 13.8. The number of aryl methyl sites for hydroxylation is 2. The molecule has 3 amide bonds. The maximum Gasteiger partial charge on any atom is 0.264 e. The molecule has 13 heteroatoms. The molecule has 1 saturated carbocycles. The van der Waals surface area contributed by atoms with Gasteiger partial charge in [0.25, 0.3) is 17.7 Å². The summed E-state index contributed by atoms with van der Waals surface area (Å²) in [6.07, 6.45) is 4.36. The molecule has 3 heterocycles. The van der Waals surface area contributed by atoms with E-state index >= 15 is 0 Å². The van der Waals surface area contributed by atoms with Gasteiger partial charge < -0.3 is 0 Å². The maximum atomic E-state index is 14.2. The fraction of sp³-hybridized carbons (Fsp3) is 0.294. The Labute approximate surface area is 291 Å². The van der Waals surface area contributed by atoms with E-state index in [4.69, 9.17) is 51.5 Å². The second-order valence-electron chi connectivity index (χ2n) is 12.1. The quantitative estimate of drug-likeness (QED) is 0.251. The van der Waals surface area contributed by atoms with E-state index in [9.17, 15) is 14.4 Å². The van der Waals surface area contributed by atoms with Crippen molar-refractivity contribution in [2.24, 2.45) is 21.4 Å². The Morgan fingerprint density at radius 3 is 2.32 bits per heavy atom. The van der Waals surface area contributed by atoms with E-state index in [1.54, 1.807) is 24.3 Å². The van der Waals surface area contributed by atoms with E-state index in [0.717, 1.165) is 47.2 Å². The Bertz CT molecular complexity index is 1920. The predicted octanol–water partition coefficient (Wildman–Crippen LogP) is 8.03. The van der Waals surface area contributed by atoms with E-state index in [-0.39, 0.29) is 12.5 Å². The molecule has 0 radical (unpaired) electrons. The van der Waals surface area contributed by atoms with Gasteiger partial charge in [-0.25, -0.2) is 9.91 Å². The zero-order valence-electron chi connectivity index (χ0n) is 25.3. The summed E-state index contributed by atoms with van der Waals surface area (Å²) in [4.78, 5) is 42.6. The SMILES string of the molecule is Cc1cccc(C)c1N1C(=O)[C@@H]2N=NN(CC(=O)N3N=C4/C(=C/c5ccc(Cl)cc5Cl)CCC[C@@H]4[C@H]3c3ccc(Cl)cc3Cl)[C@H]2C1=O. The van der Waals surface area contributed by atoms with Crippen molar-refractivity contribution in [2.45, 2.75) is 51.2 Å². The number of hydrazone groups is 1. The van der Waals surface area contributed by atoms with Crippen LogP contribution >= 0.6 is 46.4 Å². The maximum absolute atomic E-state index is 14.2. The van der Waals surface area contributed by atoms with Crippen molar-refractivity contribution in [3.63, 3.8) is 0 Å². The first-order chi connectivity index (χ1) is 22.5. The Kier molecular flexibility index (Phi) is 8.37. The van der Waals surface area contributed by atoms with Crippen molar-refractivity contribution in [2.75, 3.05) is 11.4 Å². The molecule has 0 N–H and O–H groups in total. The van der Waals surface area contributed by atoms with Crippen LogP contribution in [0.3, 0.4) is 0 Å². The van der Waals surface area contributed by atoms with Gasteiger partial charge in [-0.15, -0.1) is 0 Å². The molecule has 1 aliphatic carbocycles. The number of benzene rings is 3. The number of nitrogens with zero attached hydrogens (tertiary/aromatic N) is 6. The topological polar surface area (TPSA) is 98.0 Å². The van der Waals surface area contributed by atoms with Crippen LogP contribution in [0.4, 0.5) is 5.69 Å². The van der Waals surface area contributed by atoms with Gasteiger partial charge >= 0.3 is 0 Å². The number of hydrogen-bond donors (Lipinski definition) is 0. The molecule has 4 aliphatic rings. The molecule has 7 rings (SSSR count). The van der Waals surface area contributed by atoms with E-state index in [0.29, 0.717) is 31.3 Å². The van der Waals surface area contributed by atoms with Crippen LogP contribution in [0.1, 0.15) is 47.6 Å². The van der Waals surface area contributed by atoms with E-state index in [1.165, 1.54) is 14.9 Å². The molecule has 2 fully saturated rings. The third-order valence-electron chi connectivity index (χ3n) is 9.15. The average molecular weight is 710 g/mol. The number of hydrogen-bond acceptors (Lipinski definition) is 7. The molecule has 0 spiro atoms. The van der Waals surface area contributed by atoms with E-state index in [1.807, 2.05) is 50.3 Å². The van der Waals surface area contributed by atoms with Gasteiger partial charge in [-0.05, 0) is 91.3 Å². The Morgan fingerprint density at radius 1 is 0.915 bits per heavy atom. The number of allylic oxidation sites excluding steroid dienone is 1. The van der Waals surface area contributed by atoms with E-state index < -0.39 is 35.8 Å². The number of fused-ring (bicyclic) bond motifs is 2. The molecular formula is C34H28Cl4N6O3. The highest BCUT2D eigenvalue weighted by Gasteiger charge is 2.56. The standard InChI is InChI=1S/C34H28Cl4N6O3/c1-17-5-3-6-18(2)30(17)43-33(46)29-32(34(43)47)42(41-39-29)16-27(45)44-31(23-12-11-22(36)15-26(23)38)24-8-4-7-20(28(24)40-44)13-19-9-10-21(35)14-25(19)37/h3,5-6,9-15,24,29,31-32H,4,7-8,16H2,1-2H3/b20-13+/t24-,29+,31+,32+/m0/s1. The molecule has 1 saturated heterocycles. The third kappa shape index (κ3) is 5.53. The average Bonchev–Trinajstić information content (AvgIpc) is 3.69. The molecule has 0 aromatic heterocycles. The molecule has 0 bridgehead atoms. The summed E-state index contributed by atoms with van der Waals surface area (Å²) in [6.45, 7) is 3.37. The normalized spacial score (nSPS) is 24.3. The van der Waals surface area contributed by atoms with Crippen LogP contribution < -0.4 is 4.90 Å². The minimum atomic E-state index is -1.04. The molecule has 4 atom stereocenters. The lowest BCUT2D eigenvalue weighted by Crippen LogP contribution is -2.45. The first-order valence-electron chi connectivity index (χ1n) is 15.2. The number of rotatable bonds is 5. The van der Waals surface area contributed by atoms with Gasteiger partial charge in [0.1, 0.15) is 6.54 Å². The molecule has 3 aliphatic heterocycles. The van der Waals surface area contributed by atoms with Crippen LogP contribution in [-0.4, -0.2) is 52.1 Å². The summed E-state index contributed by atoms with van der Waals surface area (Å²) < 4.78 is 0. The van der Waals surface area contributed by atoms with Gasteiger partial charge in [0.15, 0.2) is 12.1 Å². The van der Waals surface area contributed by atoms with Crippen LogP contribution in [0.2, 0.25) is 20.1 Å². The minimum absolute atomic E-state index is 0.161. The Hall–Kier alpha value is -3.76. The first kappa shape index (κ1) is 31.8. The second kappa shape index (κ2) is 12.4. The summed E-state index contributed by atoms with van der Waals surface area (Å²) in [5, 5.41) is 17.8. The molecular weight excluding hydrogens is 682 g/mol. The summed E-state index contributed by atoms with van der Waals surface area (Å²) in [6, 6.07) is 13.5. The number of carbonyl (C=O) groups excluding carboxylic acids is 3. The van der Waals surface area contributed by atoms with Gasteiger partial charge in [0.2, 0.25) is 0 Å². The van der Waals surface area contributed by atoms with E-state index in [2.05, 4.69) is 10.3 Å². The summed E-state index contributed by atoms with van der Waals surface area (Å²) in [7, 11) is 0. The smallest absolute Gasteiger partial charge is 0.264 e. The van der Waals surface area contributed by atoms with Crippen LogP contribution in [-0.2, 0) is 14.4 Å². The van der Waals surface area contributed by atoms with Crippen molar-refractivity contribution >= 4 is 81.6 Å². The predicted molar refractivity (Wildman–Crippen MR) is 183 cm³/mol. The van der Waals surface area contributed by atoms with Crippen LogP contribution in [0.25, 0.3) is 6.08 Å². The monoisotopic (exact) mass is 708 g/mol. The lowest BCUT2D eigenvalue weighted by Gasteiger charge is -2.31. The van der Waals surface area contributed by atoms with Crippen molar-refractivity contribution in [3.8, 4) is 0 Å². The molecule has 3 aromatic rings. The van der Waals surface area contributed by atoms with Crippen molar-refractivity contribution in [1.29, 1.82) is 0 Å². The highest BCUT2D eigenvalue weighted by atomic mass is 35.5. The van der Waals surface area contributed by atoms with Crippen molar-refractivity contribution < 1.29 is 14.4 Å². The highest BCUT2D eigenvalue weighted by molar-refractivity contribution is 6.36. The fourth-order valence-electron chi connectivity index (χ4n) is 7.01. The summed E-state index contributed by atoms with van der Waals surface area (Å²) >= 11 is 25.6. The number of carbonyl (C=O) groups is 3. The minimum Gasteiger partial charge on any atom is -0.271 e. The van der Waals surface area contributed by atoms with Crippen molar-refractivity contribution in [1.82, 2.24) is 10.0 Å². The van der Waals surface area contributed by atoms with Crippen LogP contribution in [0.15, 0.2) is 75.6 Å². The van der Waals surface area contributed by atoms with Gasteiger partial charge in [-0.1, -0.05) is 82.0 Å². The molecule has 240 valence electrons.